The van der Waals surface area contributed by atoms with Crippen molar-refractivity contribution in [3.8, 4) is 0 Å². The first-order valence-electron chi connectivity index (χ1n) is 6.06. The van der Waals surface area contributed by atoms with Crippen LogP contribution >= 0.6 is 0 Å². The van der Waals surface area contributed by atoms with Gasteiger partial charge in [0.1, 0.15) is 0 Å². The highest BCUT2D eigenvalue weighted by Crippen LogP contribution is 2.39. The molecule has 4 nitrogen and oxygen atoms in total. The summed E-state index contributed by atoms with van der Waals surface area (Å²) < 4.78 is 0. The van der Waals surface area contributed by atoms with Crippen molar-refractivity contribution in [1.82, 2.24) is 5.32 Å². The van der Waals surface area contributed by atoms with Gasteiger partial charge in [0.15, 0.2) is 0 Å². The summed E-state index contributed by atoms with van der Waals surface area (Å²) in [7, 11) is 0. The van der Waals surface area contributed by atoms with Crippen LogP contribution in [-0.4, -0.2) is 22.5 Å². The number of carboxylic acid groups (broad SMARTS) is 1. The Balaban J connectivity index is 1.90. The average molecular weight is 225 g/mol. The van der Waals surface area contributed by atoms with E-state index in [0.717, 1.165) is 32.1 Å². The maximum Gasteiger partial charge on any atom is 0.305 e. The fraction of sp³-hybridized carbons (Fsp3) is 0.833. The molecule has 1 amide bonds. The third-order valence-electron chi connectivity index (χ3n) is 3.93. The van der Waals surface area contributed by atoms with E-state index in [0.29, 0.717) is 5.92 Å². The van der Waals surface area contributed by atoms with Crippen LogP contribution in [0.5, 0.6) is 0 Å². The average Bonchev–Trinajstić information content (AvgIpc) is 2.95. The van der Waals surface area contributed by atoms with Crippen LogP contribution in [0.2, 0.25) is 0 Å². The zero-order chi connectivity index (χ0) is 11.8. The summed E-state index contributed by atoms with van der Waals surface area (Å²) in [6.45, 7) is 1.94. The Kier molecular flexibility index (Phi) is 2.91. The van der Waals surface area contributed by atoms with E-state index in [9.17, 15) is 9.59 Å². The van der Waals surface area contributed by atoms with Crippen molar-refractivity contribution in [2.24, 2.45) is 11.8 Å². The van der Waals surface area contributed by atoms with E-state index in [1.54, 1.807) is 0 Å². The van der Waals surface area contributed by atoms with E-state index in [-0.39, 0.29) is 18.2 Å². The first-order valence-corrected chi connectivity index (χ1v) is 6.06. The molecule has 0 aromatic rings. The van der Waals surface area contributed by atoms with Crippen LogP contribution in [-0.2, 0) is 9.59 Å². The molecule has 2 aliphatic rings. The number of nitrogens with one attached hydrogen (secondary N) is 1. The van der Waals surface area contributed by atoms with Crippen LogP contribution in [0.4, 0.5) is 0 Å². The van der Waals surface area contributed by atoms with Gasteiger partial charge in [-0.1, -0.05) is 6.92 Å². The number of rotatable bonds is 5. The fourth-order valence-electron chi connectivity index (χ4n) is 2.42. The summed E-state index contributed by atoms with van der Waals surface area (Å²) in [4.78, 5) is 22.7. The van der Waals surface area contributed by atoms with Crippen LogP contribution in [0.3, 0.4) is 0 Å². The van der Waals surface area contributed by atoms with Gasteiger partial charge in [-0.3, -0.25) is 9.59 Å². The Morgan fingerprint density at radius 2 is 2.06 bits per heavy atom. The minimum absolute atomic E-state index is 0.0449. The monoisotopic (exact) mass is 225 g/mol. The summed E-state index contributed by atoms with van der Waals surface area (Å²) in [5.41, 5.74) is -0.438. The van der Waals surface area contributed by atoms with Crippen LogP contribution in [0.1, 0.15) is 45.4 Å². The molecular formula is C12H19NO3. The SMILES string of the molecule is CC(C(=O)NC1(CC(=O)O)CCC1)C1CC1. The van der Waals surface area contributed by atoms with Crippen LogP contribution < -0.4 is 5.32 Å². The highest BCUT2D eigenvalue weighted by Gasteiger charge is 2.42. The smallest absolute Gasteiger partial charge is 0.305 e. The Bertz CT molecular complexity index is 305. The second-order valence-electron chi connectivity index (χ2n) is 5.32. The zero-order valence-corrected chi connectivity index (χ0v) is 9.66. The molecule has 2 N–H and O–H groups in total. The van der Waals surface area contributed by atoms with E-state index in [1.165, 1.54) is 0 Å². The molecule has 0 spiro atoms. The highest BCUT2D eigenvalue weighted by molar-refractivity contribution is 5.81. The minimum atomic E-state index is -0.820. The first kappa shape index (κ1) is 11.4. The molecule has 0 aliphatic heterocycles. The van der Waals surface area contributed by atoms with Crippen LogP contribution in [0.15, 0.2) is 0 Å². The van der Waals surface area contributed by atoms with Gasteiger partial charge < -0.3 is 10.4 Å². The van der Waals surface area contributed by atoms with Gasteiger partial charge in [0.25, 0.3) is 0 Å². The lowest BCUT2D eigenvalue weighted by Gasteiger charge is -2.42. The van der Waals surface area contributed by atoms with Crippen molar-refractivity contribution in [2.45, 2.75) is 51.0 Å². The summed E-state index contributed by atoms with van der Waals surface area (Å²) in [6, 6.07) is 0. The molecule has 0 aromatic carbocycles. The molecule has 90 valence electrons. The van der Waals surface area contributed by atoms with Crippen molar-refractivity contribution in [1.29, 1.82) is 0 Å². The third kappa shape index (κ3) is 2.36. The number of hydrogen-bond donors (Lipinski definition) is 2. The standard InChI is InChI=1S/C12H19NO3/c1-8(9-3-4-9)11(16)13-12(5-2-6-12)7-10(14)15/h8-9H,2-7H2,1H3,(H,13,16)(H,14,15). The molecule has 2 fully saturated rings. The minimum Gasteiger partial charge on any atom is -0.481 e. The van der Waals surface area contributed by atoms with Crippen molar-refractivity contribution < 1.29 is 14.7 Å². The predicted octanol–water partition coefficient (Wildman–Crippen LogP) is 1.55. The van der Waals surface area contributed by atoms with Gasteiger partial charge in [-0.15, -0.1) is 0 Å². The molecule has 0 saturated heterocycles. The molecule has 2 aliphatic carbocycles. The quantitative estimate of drug-likeness (QED) is 0.746. The Hall–Kier alpha value is -1.06. The van der Waals surface area contributed by atoms with Crippen molar-refractivity contribution in [2.75, 3.05) is 0 Å². The first-order chi connectivity index (χ1) is 7.52. The molecule has 16 heavy (non-hydrogen) atoms. The number of carbonyl (C=O) groups is 2. The van der Waals surface area contributed by atoms with Crippen molar-refractivity contribution in [3.05, 3.63) is 0 Å². The summed E-state index contributed by atoms with van der Waals surface area (Å²) in [5, 5.41) is 11.8. The lowest BCUT2D eigenvalue weighted by molar-refractivity contribution is -0.140. The fourth-order valence-corrected chi connectivity index (χ4v) is 2.42. The lowest BCUT2D eigenvalue weighted by Crippen LogP contribution is -2.56. The normalized spacial score (nSPS) is 24.3. The second kappa shape index (κ2) is 4.07. The molecule has 1 atom stereocenters. The molecule has 0 aromatic heterocycles. The summed E-state index contributed by atoms with van der Waals surface area (Å²) in [6.07, 6.45) is 4.98. The Labute approximate surface area is 95.4 Å². The second-order valence-corrected chi connectivity index (χ2v) is 5.32. The summed E-state index contributed by atoms with van der Waals surface area (Å²) >= 11 is 0. The van der Waals surface area contributed by atoms with Crippen LogP contribution in [0, 0.1) is 11.8 Å². The molecule has 4 heteroatoms. The van der Waals surface area contributed by atoms with Gasteiger partial charge in [0, 0.05) is 5.92 Å². The molecular weight excluding hydrogens is 206 g/mol. The number of aliphatic carboxylic acids is 1. The molecule has 0 heterocycles. The largest absolute Gasteiger partial charge is 0.481 e. The van der Waals surface area contributed by atoms with Gasteiger partial charge in [-0.2, -0.15) is 0 Å². The number of amides is 1. The molecule has 2 saturated carbocycles. The van der Waals surface area contributed by atoms with E-state index in [1.807, 2.05) is 6.92 Å². The number of carboxylic acids is 1. The zero-order valence-electron chi connectivity index (χ0n) is 9.66. The summed E-state index contributed by atoms with van der Waals surface area (Å²) in [5.74, 6) is -0.198. The van der Waals surface area contributed by atoms with E-state index < -0.39 is 11.5 Å². The topological polar surface area (TPSA) is 66.4 Å². The van der Waals surface area contributed by atoms with E-state index in [2.05, 4.69) is 5.32 Å². The van der Waals surface area contributed by atoms with Crippen LogP contribution in [0.25, 0.3) is 0 Å². The number of hydrogen-bond acceptors (Lipinski definition) is 2. The van der Waals surface area contributed by atoms with Gasteiger partial charge in [0.05, 0.1) is 12.0 Å². The van der Waals surface area contributed by atoms with E-state index in [4.69, 9.17) is 5.11 Å². The molecule has 1 unspecified atom stereocenters. The maximum atomic E-state index is 11.9. The van der Waals surface area contributed by atoms with Crippen molar-refractivity contribution >= 4 is 11.9 Å². The number of carbonyl (C=O) groups excluding carboxylic acids is 1. The Morgan fingerprint density at radius 3 is 2.44 bits per heavy atom. The molecule has 2 rings (SSSR count). The predicted molar refractivity (Wildman–Crippen MR) is 58.9 cm³/mol. The van der Waals surface area contributed by atoms with Gasteiger partial charge in [0.2, 0.25) is 5.91 Å². The van der Waals surface area contributed by atoms with Gasteiger partial charge in [-0.25, -0.2) is 0 Å². The van der Waals surface area contributed by atoms with Crippen molar-refractivity contribution in [3.63, 3.8) is 0 Å². The highest BCUT2D eigenvalue weighted by atomic mass is 16.4. The molecule has 0 radical (unpaired) electrons. The third-order valence-corrected chi connectivity index (χ3v) is 3.93. The molecule has 0 bridgehead atoms. The maximum absolute atomic E-state index is 11.9. The van der Waals surface area contributed by atoms with Gasteiger partial charge >= 0.3 is 5.97 Å². The van der Waals surface area contributed by atoms with E-state index >= 15 is 0 Å². The lowest BCUT2D eigenvalue weighted by atomic mass is 9.74. The van der Waals surface area contributed by atoms with Gasteiger partial charge in [-0.05, 0) is 38.0 Å². The Morgan fingerprint density at radius 1 is 1.44 bits per heavy atom.